The molecule has 0 bridgehead atoms. The second-order valence-corrected chi connectivity index (χ2v) is 9.42. The summed E-state index contributed by atoms with van der Waals surface area (Å²) in [4.78, 5) is 13.4. The van der Waals surface area contributed by atoms with Crippen molar-refractivity contribution in [1.29, 1.82) is 0 Å². The Balaban J connectivity index is 1.60. The standard InChI is InChI=1S/C23H21BrFN3O2S2/c1-14(22(29)27-19-11-10-15(24)12-18(19)25)32-17-7-5-6-16(13-17)26-23(31)28-20-8-3-4-9-21(20)30-2/h3-14H,1-2H3,(H,27,29)(H2,26,28,31). The third kappa shape index (κ3) is 6.69. The zero-order valence-electron chi connectivity index (χ0n) is 17.3. The molecule has 0 aliphatic carbocycles. The molecule has 0 fully saturated rings. The minimum Gasteiger partial charge on any atom is -0.495 e. The van der Waals surface area contributed by atoms with E-state index in [0.29, 0.717) is 15.3 Å². The summed E-state index contributed by atoms with van der Waals surface area (Å²) in [6.07, 6.45) is 0. The lowest BCUT2D eigenvalue weighted by molar-refractivity contribution is -0.115. The van der Waals surface area contributed by atoms with Gasteiger partial charge in [-0.2, -0.15) is 0 Å². The Kier molecular flexibility index (Phi) is 8.49. The fourth-order valence-corrected chi connectivity index (χ4v) is 4.25. The number of rotatable bonds is 7. The molecule has 9 heteroatoms. The van der Waals surface area contributed by atoms with E-state index < -0.39 is 11.1 Å². The minimum atomic E-state index is -0.493. The van der Waals surface area contributed by atoms with Crippen molar-refractivity contribution in [2.75, 3.05) is 23.1 Å². The number of thioether (sulfide) groups is 1. The van der Waals surface area contributed by atoms with E-state index in [1.807, 2.05) is 48.5 Å². The molecule has 3 aromatic rings. The van der Waals surface area contributed by atoms with Gasteiger partial charge in [0.1, 0.15) is 11.6 Å². The van der Waals surface area contributed by atoms with Gasteiger partial charge in [-0.15, -0.1) is 11.8 Å². The molecule has 0 saturated carbocycles. The first-order valence-corrected chi connectivity index (χ1v) is 11.7. The van der Waals surface area contributed by atoms with E-state index in [0.717, 1.165) is 16.3 Å². The summed E-state index contributed by atoms with van der Waals surface area (Å²) in [6, 6.07) is 19.5. The molecule has 1 atom stereocenters. The Hall–Kier alpha value is -2.62. The van der Waals surface area contributed by atoms with Gasteiger partial charge in [-0.05, 0) is 67.7 Å². The number of benzene rings is 3. The van der Waals surface area contributed by atoms with E-state index >= 15 is 0 Å². The monoisotopic (exact) mass is 533 g/mol. The molecule has 166 valence electrons. The number of methoxy groups -OCH3 is 1. The Morgan fingerprint density at radius 3 is 2.56 bits per heavy atom. The number of halogens is 2. The number of para-hydroxylation sites is 2. The fourth-order valence-electron chi connectivity index (χ4n) is 2.76. The molecule has 5 nitrogen and oxygen atoms in total. The average Bonchev–Trinajstić information content (AvgIpc) is 2.76. The summed E-state index contributed by atoms with van der Waals surface area (Å²) in [5.41, 5.74) is 1.67. The summed E-state index contributed by atoms with van der Waals surface area (Å²) in [5.74, 6) is -0.0990. The predicted molar refractivity (Wildman–Crippen MR) is 137 cm³/mol. The Morgan fingerprint density at radius 1 is 1.03 bits per heavy atom. The Morgan fingerprint density at radius 2 is 1.81 bits per heavy atom. The highest BCUT2D eigenvalue weighted by Crippen LogP contribution is 2.28. The first kappa shape index (κ1) is 24.0. The van der Waals surface area contributed by atoms with Crippen LogP contribution in [0.2, 0.25) is 0 Å². The van der Waals surface area contributed by atoms with Crippen molar-refractivity contribution in [3.05, 3.63) is 77.0 Å². The van der Waals surface area contributed by atoms with Gasteiger partial charge >= 0.3 is 0 Å². The molecule has 0 saturated heterocycles. The van der Waals surface area contributed by atoms with Gasteiger partial charge in [0.05, 0.1) is 23.7 Å². The summed E-state index contributed by atoms with van der Waals surface area (Å²) in [7, 11) is 1.60. The molecule has 3 rings (SSSR count). The van der Waals surface area contributed by atoms with Gasteiger partial charge in [0, 0.05) is 15.1 Å². The number of carbonyl (C=O) groups is 1. The van der Waals surface area contributed by atoms with Crippen LogP contribution in [0.4, 0.5) is 21.5 Å². The molecule has 3 N–H and O–H groups in total. The maximum atomic E-state index is 14.0. The Bertz CT molecular complexity index is 1130. The predicted octanol–water partition coefficient (Wildman–Crippen LogP) is 6.53. The molecular formula is C23H21BrFN3O2S2. The van der Waals surface area contributed by atoms with E-state index in [1.54, 1.807) is 20.1 Å². The lowest BCUT2D eigenvalue weighted by Crippen LogP contribution is -2.23. The van der Waals surface area contributed by atoms with Crippen LogP contribution in [0.15, 0.2) is 76.1 Å². The number of thiocarbonyl (C=S) groups is 1. The first-order chi connectivity index (χ1) is 15.4. The van der Waals surface area contributed by atoms with Crippen molar-refractivity contribution in [3.63, 3.8) is 0 Å². The number of hydrogen-bond donors (Lipinski definition) is 3. The normalized spacial score (nSPS) is 11.4. The number of ether oxygens (including phenoxy) is 1. The lowest BCUT2D eigenvalue weighted by atomic mass is 10.3. The number of amides is 1. The number of hydrogen-bond acceptors (Lipinski definition) is 4. The highest BCUT2D eigenvalue weighted by Gasteiger charge is 2.16. The van der Waals surface area contributed by atoms with Crippen LogP contribution < -0.4 is 20.7 Å². The van der Waals surface area contributed by atoms with Gasteiger partial charge in [0.2, 0.25) is 5.91 Å². The largest absolute Gasteiger partial charge is 0.495 e. The van der Waals surface area contributed by atoms with E-state index in [9.17, 15) is 9.18 Å². The maximum Gasteiger partial charge on any atom is 0.237 e. The van der Waals surface area contributed by atoms with Gasteiger partial charge in [-0.25, -0.2) is 4.39 Å². The van der Waals surface area contributed by atoms with Crippen molar-refractivity contribution >= 4 is 68.0 Å². The average molecular weight is 534 g/mol. The van der Waals surface area contributed by atoms with Crippen molar-refractivity contribution < 1.29 is 13.9 Å². The smallest absolute Gasteiger partial charge is 0.237 e. The van der Waals surface area contributed by atoms with Crippen molar-refractivity contribution in [2.45, 2.75) is 17.1 Å². The number of nitrogens with one attached hydrogen (secondary N) is 3. The number of carbonyl (C=O) groups excluding carboxylic acids is 1. The molecule has 0 aromatic heterocycles. The first-order valence-electron chi connectivity index (χ1n) is 9.59. The zero-order valence-corrected chi connectivity index (χ0v) is 20.5. The van der Waals surface area contributed by atoms with Crippen LogP contribution in [0.5, 0.6) is 5.75 Å². The molecule has 0 heterocycles. The molecule has 3 aromatic carbocycles. The molecule has 0 aliphatic heterocycles. The SMILES string of the molecule is COc1ccccc1NC(=S)Nc1cccc(SC(C)C(=O)Nc2ccc(Br)cc2F)c1. The summed E-state index contributed by atoms with van der Waals surface area (Å²) < 4.78 is 19.9. The summed E-state index contributed by atoms with van der Waals surface area (Å²) >= 11 is 9.97. The molecule has 1 unspecified atom stereocenters. The van der Waals surface area contributed by atoms with Crippen LogP contribution in [-0.2, 0) is 4.79 Å². The molecule has 32 heavy (non-hydrogen) atoms. The van der Waals surface area contributed by atoms with Gasteiger partial charge in [-0.3, -0.25) is 4.79 Å². The molecule has 0 radical (unpaired) electrons. The van der Waals surface area contributed by atoms with Gasteiger partial charge in [0.15, 0.2) is 5.11 Å². The quantitative estimate of drug-likeness (QED) is 0.237. The molecular weight excluding hydrogens is 513 g/mol. The third-order valence-corrected chi connectivity index (χ3v) is 6.11. The van der Waals surface area contributed by atoms with Gasteiger partial charge in [-0.1, -0.05) is 34.1 Å². The van der Waals surface area contributed by atoms with Crippen LogP contribution in [0.25, 0.3) is 0 Å². The third-order valence-electron chi connectivity index (χ3n) is 4.32. The van der Waals surface area contributed by atoms with E-state index in [-0.39, 0.29) is 11.6 Å². The zero-order chi connectivity index (χ0) is 23.1. The van der Waals surface area contributed by atoms with Crippen LogP contribution in [0.1, 0.15) is 6.92 Å². The Labute approximate surface area is 204 Å². The highest BCUT2D eigenvalue weighted by atomic mass is 79.9. The van der Waals surface area contributed by atoms with Crippen molar-refractivity contribution in [1.82, 2.24) is 0 Å². The van der Waals surface area contributed by atoms with E-state index in [2.05, 4.69) is 31.9 Å². The van der Waals surface area contributed by atoms with Crippen LogP contribution in [0.3, 0.4) is 0 Å². The second-order valence-electron chi connectivity index (χ2n) is 6.68. The molecule has 0 aliphatic rings. The summed E-state index contributed by atoms with van der Waals surface area (Å²) in [5, 5.41) is 8.85. The van der Waals surface area contributed by atoms with E-state index in [1.165, 1.54) is 23.9 Å². The molecule has 1 amide bonds. The second kappa shape index (κ2) is 11.3. The maximum absolute atomic E-state index is 14.0. The van der Waals surface area contributed by atoms with Crippen LogP contribution >= 0.6 is 39.9 Å². The fraction of sp³-hybridized carbons (Fsp3) is 0.130. The lowest BCUT2D eigenvalue weighted by Gasteiger charge is -2.15. The summed E-state index contributed by atoms with van der Waals surface area (Å²) in [6.45, 7) is 1.77. The van der Waals surface area contributed by atoms with Gasteiger partial charge < -0.3 is 20.7 Å². The van der Waals surface area contributed by atoms with Crippen LogP contribution in [0, 0.1) is 5.82 Å². The van der Waals surface area contributed by atoms with Crippen LogP contribution in [-0.4, -0.2) is 23.4 Å². The van der Waals surface area contributed by atoms with Gasteiger partial charge in [0.25, 0.3) is 0 Å². The van der Waals surface area contributed by atoms with Crippen molar-refractivity contribution in [3.8, 4) is 5.75 Å². The van der Waals surface area contributed by atoms with Crippen molar-refractivity contribution in [2.24, 2.45) is 0 Å². The van der Waals surface area contributed by atoms with E-state index in [4.69, 9.17) is 17.0 Å². The topological polar surface area (TPSA) is 62.4 Å². The number of anilines is 3. The molecule has 0 spiro atoms. The highest BCUT2D eigenvalue weighted by molar-refractivity contribution is 9.10. The minimum absolute atomic E-state index is 0.147.